The van der Waals surface area contributed by atoms with Crippen molar-refractivity contribution in [2.45, 2.75) is 39.2 Å². The molecule has 2 amide bonds. The van der Waals surface area contributed by atoms with Crippen molar-refractivity contribution >= 4 is 28.3 Å². The van der Waals surface area contributed by atoms with Crippen LogP contribution in [-0.2, 0) is 33.2 Å². The summed E-state index contributed by atoms with van der Waals surface area (Å²) >= 11 is 0. The summed E-state index contributed by atoms with van der Waals surface area (Å²) in [6.45, 7) is 3.94. The summed E-state index contributed by atoms with van der Waals surface area (Å²) in [7, 11) is -1.55. The van der Waals surface area contributed by atoms with E-state index in [1.54, 1.807) is 6.26 Å². The van der Waals surface area contributed by atoms with Gasteiger partial charge in [0, 0.05) is 28.9 Å². The van der Waals surface area contributed by atoms with Crippen molar-refractivity contribution in [3.8, 4) is 0 Å². The van der Waals surface area contributed by atoms with Crippen LogP contribution < -0.4 is 10.6 Å². The summed E-state index contributed by atoms with van der Waals surface area (Å²) in [6, 6.07) is 11.1. The molecule has 1 heterocycles. The zero-order valence-electron chi connectivity index (χ0n) is 15.7. The van der Waals surface area contributed by atoms with Crippen LogP contribution in [0.15, 0.2) is 47.1 Å². The van der Waals surface area contributed by atoms with E-state index in [-0.39, 0.29) is 29.4 Å². The van der Waals surface area contributed by atoms with E-state index in [1.165, 1.54) is 5.56 Å². The minimum atomic E-state index is -1.55. The standard InChI is InChI=1S/C20H26N2O4S/c1-3-16-7-9-17(10-8-16)22-20(24)14-27(25)13-19(23)21-15(2)6-11-18-5-4-12-26-18/h4-5,7-10,12,15H,3,6,11,13-14H2,1-2H3,(H,21,23)(H,22,24)/t15-,27-/m0/s1. The molecule has 6 nitrogen and oxygen atoms in total. The number of furan rings is 1. The molecule has 2 N–H and O–H groups in total. The Bertz CT molecular complexity index is 757. The molecule has 0 aliphatic carbocycles. The van der Waals surface area contributed by atoms with Crippen molar-refractivity contribution in [3.05, 3.63) is 54.0 Å². The van der Waals surface area contributed by atoms with E-state index in [2.05, 4.69) is 17.6 Å². The van der Waals surface area contributed by atoms with Crippen molar-refractivity contribution in [2.24, 2.45) is 0 Å². The molecule has 0 aliphatic heterocycles. The van der Waals surface area contributed by atoms with Crippen molar-refractivity contribution in [1.82, 2.24) is 5.32 Å². The van der Waals surface area contributed by atoms with Gasteiger partial charge in [0.2, 0.25) is 11.8 Å². The molecular formula is C20H26N2O4S. The van der Waals surface area contributed by atoms with Gasteiger partial charge < -0.3 is 15.1 Å². The van der Waals surface area contributed by atoms with Crippen LogP contribution in [0, 0.1) is 0 Å². The number of benzene rings is 1. The summed E-state index contributed by atoms with van der Waals surface area (Å²) < 4.78 is 17.3. The quantitative estimate of drug-likeness (QED) is 0.653. The summed E-state index contributed by atoms with van der Waals surface area (Å²) in [5.74, 6) is -0.211. The minimum absolute atomic E-state index is 0.0643. The topological polar surface area (TPSA) is 88.4 Å². The SMILES string of the molecule is CCc1ccc(NC(=O)C[S@@](=O)CC(=O)N[C@@H](C)CCc2ccco2)cc1. The molecule has 2 atom stereocenters. The third-order valence-electron chi connectivity index (χ3n) is 4.04. The predicted molar refractivity (Wildman–Crippen MR) is 107 cm³/mol. The molecule has 0 unspecified atom stereocenters. The fraction of sp³-hybridized carbons (Fsp3) is 0.400. The number of anilines is 1. The lowest BCUT2D eigenvalue weighted by Crippen LogP contribution is -2.37. The zero-order valence-corrected chi connectivity index (χ0v) is 16.5. The van der Waals surface area contributed by atoms with Crippen LogP contribution in [0.25, 0.3) is 0 Å². The highest BCUT2D eigenvalue weighted by Gasteiger charge is 2.15. The van der Waals surface area contributed by atoms with Crippen LogP contribution in [0.4, 0.5) is 5.69 Å². The first-order valence-corrected chi connectivity index (χ1v) is 10.5. The third-order valence-corrected chi connectivity index (χ3v) is 5.21. The largest absolute Gasteiger partial charge is 0.469 e. The lowest BCUT2D eigenvalue weighted by atomic mass is 10.1. The molecule has 7 heteroatoms. The van der Waals surface area contributed by atoms with Gasteiger partial charge in [-0.15, -0.1) is 0 Å². The second kappa shape index (κ2) is 10.7. The first-order chi connectivity index (χ1) is 13.0. The average Bonchev–Trinajstić information content (AvgIpc) is 3.13. The second-order valence-electron chi connectivity index (χ2n) is 6.41. The molecule has 27 heavy (non-hydrogen) atoms. The van der Waals surface area contributed by atoms with Crippen LogP contribution in [0.5, 0.6) is 0 Å². The highest BCUT2D eigenvalue weighted by molar-refractivity contribution is 7.86. The van der Waals surface area contributed by atoms with Gasteiger partial charge >= 0.3 is 0 Å². The van der Waals surface area contributed by atoms with Gasteiger partial charge in [-0.2, -0.15) is 0 Å². The van der Waals surface area contributed by atoms with Crippen molar-refractivity contribution in [1.29, 1.82) is 0 Å². The molecule has 0 saturated carbocycles. The summed E-state index contributed by atoms with van der Waals surface area (Å²) in [4.78, 5) is 23.9. The van der Waals surface area contributed by atoms with Gasteiger partial charge in [-0.05, 0) is 49.6 Å². The Morgan fingerprint density at radius 1 is 1.11 bits per heavy atom. The van der Waals surface area contributed by atoms with Gasteiger partial charge in [0.15, 0.2) is 0 Å². The number of hydrogen-bond donors (Lipinski definition) is 2. The van der Waals surface area contributed by atoms with E-state index in [0.29, 0.717) is 5.69 Å². The Morgan fingerprint density at radius 2 is 1.81 bits per heavy atom. The van der Waals surface area contributed by atoms with Gasteiger partial charge in [0.05, 0.1) is 6.26 Å². The monoisotopic (exact) mass is 390 g/mol. The fourth-order valence-corrected chi connectivity index (χ4v) is 3.41. The summed E-state index contributed by atoms with van der Waals surface area (Å²) in [5.41, 5.74) is 1.83. The van der Waals surface area contributed by atoms with Crippen LogP contribution in [-0.4, -0.2) is 33.6 Å². The van der Waals surface area contributed by atoms with E-state index < -0.39 is 10.8 Å². The number of rotatable bonds is 10. The van der Waals surface area contributed by atoms with Crippen molar-refractivity contribution in [3.63, 3.8) is 0 Å². The molecule has 0 fully saturated rings. The van der Waals surface area contributed by atoms with E-state index in [4.69, 9.17) is 4.42 Å². The van der Waals surface area contributed by atoms with E-state index in [9.17, 15) is 13.8 Å². The Kier molecular flexibility index (Phi) is 8.26. The lowest BCUT2D eigenvalue weighted by Gasteiger charge is -2.13. The molecule has 0 bridgehead atoms. The van der Waals surface area contributed by atoms with Gasteiger partial charge in [0.1, 0.15) is 17.3 Å². The van der Waals surface area contributed by atoms with Gasteiger partial charge in [-0.3, -0.25) is 13.8 Å². The first-order valence-electron chi connectivity index (χ1n) is 9.01. The number of amides is 2. The Balaban J connectivity index is 1.68. The molecule has 0 spiro atoms. The van der Waals surface area contributed by atoms with Gasteiger partial charge in [-0.1, -0.05) is 19.1 Å². The highest BCUT2D eigenvalue weighted by atomic mass is 32.2. The average molecular weight is 391 g/mol. The number of nitrogens with one attached hydrogen (secondary N) is 2. The molecule has 2 rings (SSSR count). The predicted octanol–water partition coefficient (Wildman–Crippen LogP) is 2.67. The van der Waals surface area contributed by atoms with Gasteiger partial charge in [0.25, 0.3) is 0 Å². The maximum Gasteiger partial charge on any atom is 0.237 e. The Labute approximate surface area is 162 Å². The Morgan fingerprint density at radius 3 is 2.44 bits per heavy atom. The molecular weight excluding hydrogens is 364 g/mol. The lowest BCUT2D eigenvalue weighted by molar-refractivity contribution is -0.119. The number of carbonyl (C=O) groups is 2. The zero-order chi connectivity index (χ0) is 19.6. The smallest absolute Gasteiger partial charge is 0.237 e. The number of aryl methyl sites for hydroxylation is 2. The molecule has 0 radical (unpaired) electrons. The first kappa shape index (κ1) is 20.9. The van der Waals surface area contributed by atoms with Crippen LogP contribution in [0.2, 0.25) is 0 Å². The number of hydrogen-bond acceptors (Lipinski definition) is 4. The minimum Gasteiger partial charge on any atom is -0.469 e. The maximum absolute atomic E-state index is 12.1. The maximum atomic E-state index is 12.1. The second-order valence-corrected chi connectivity index (χ2v) is 7.87. The van der Waals surface area contributed by atoms with Gasteiger partial charge in [-0.25, -0.2) is 0 Å². The normalized spacial score (nSPS) is 13.0. The van der Waals surface area contributed by atoms with Crippen molar-refractivity contribution < 1.29 is 18.2 Å². The molecule has 1 aromatic carbocycles. The van der Waals surface area contributed by atoms with E-state index in [0.717, 1.165) is 25.0 Å². The molecule has 146 valence electrons. The van der Waals surface area contributed by atoms with Crippen molar-refractivity contribution in [2.75, 3.05) is 16.8 Å². The fourth-order valence-electron chi connectivity index (χ4n) is 2.57. The van der Waals surface area contributed by atoms with E-state index >= 15 is 0 Å². The molecule has 0 aliphatic rings. The highest BCUT2D eigenvalue weighted by Crippen LogP contribution is 2.10. The Hall–Kier alpha value is -2.41. The third kappa shape index (κ3) is 7.78. The number of carbonyl (C=O) groups excluding carboxylic acids is 2. The summed E-state index contributed by atoms with van der Waals surface area (Å²) in [5, 5.41) is 5.50. The summed E-state index contributed by atoms with van der Waals surface area (Å²) in [6.07, 6.45) is 3.98. The molecule has 0 saturated heterocycles. The van der Waals surface area contributed by atoms with Crippen LogP contribution in [0.3, 0.4) is 0 Å². The van der Waals surface area contributed by atoms with Crippen LogP contribution >= 0.6 is 0 Å². The molecule has 1 aromatic heterocycles. The molecule has 2 aromatic rings. The van der Waals surface area contributed by atoms with Crippen LogP contribution in [0.1, 0.15) is 31.6 Å². The van der Waals surface area contributed by atoms with E-state index in [1.807, 2.05) is 43.3 Å².